The maximum atomic E-state index is 12.5. The molecule has 0 saturated heterocycles. The number of hydrogen-bond acceptors (Lipinski definition) is 2. The van der Waals surface area contributed by atoms with Crippen molar-refractivity contribution < 1.29 is 18.3 Å². The number of nitriles is 1. The Balaban J connectivity index is 2.37. The van der Waals surface area contributed by atoms with Crippen molar-refractivity contribution in [1.29, 1.82) is 5.26 Å². The number of benzene rings is 2. The second-order valence-corrected chi connectivity index (χ2v) is 4.86. The monoisotopic (exact) mass is 323 g/mol. The zero-order chi connectivity index (χ0) is 16.3. The molecule has 112 valence electrons. The van der Waals surface area contributed by atoms with Gasteiger partial charge in [0, 0.05) is 0 Å². The molecule has 1 N–H and O–H groups in total. The van der Waals surface area contributed by atoms with Crippen molar-refractivity contribution in [2.75, 3.05) is 0 Å². The summed E-state index contributed by atoms with van der Waals surface area (Å²) < 4.78 is 37.5. The molecule has 22 heavy (non-hydrogen) atoms. The first-order valence-corrected chi connectivity index (χ1v) is 6.47. The molecule has 0 unspecified atom stereocenters. The molecule has 2 rings (SSSR count). The highest BCUT2D eigenvalue weighted by atomic mass is 35.5. The Morgan fingerprint density at radius 1 is 1.14 bits per heavy atom. The summed E-state index contributed by atoms with van der Waals surface area (Å²) in [6.45, 7) is 0. The second-order valence-electron chi connectivity index (χ2n) is 4.46. The van der Waals surface area contributed by atoms with E-state index in [0.717, 1.165) is 12.1 Å². The Kier molecular flexibility index (Phi) is 4.43. The minimum absolute atomic E-state index is 0.0909. The first kappa shape index (κ1) is 15.9. The van der Waals surface area contributed by atoms with E-state index in [0.29, 0.717) is 11.1 Å². The number of phenols is 1. The molecule has 0 radical (unpaired) electrons. The molecule has 2 aromatic carbocycles. The van der Waals surface area contributed by atoms with Gasteiger partial charge in [-0.1, -0.05) is 29.8 Å². The third kappa shape index (κ3) is 3.60. The van der Waals surface area contributed by atoms with E-state index in [1.165, 1.54) is 30.3 Å². The molecule has 0 saturated carbocycles. The molecule has 0 atom stereocenters. The van der Waals surface area contributed by atoms with Gasteiger partial charge in [-0.2, -0.15) is 18.4 Å². The van der Waals surface area contributed by atoms with Crippen LogP contribution in [0.2, 0.25) is 5.02 Å². The highest BCUT2D eigenvalue weighted by Gasteiger charge is 2.30. The van der Waals surface area contributed by atoms with Gasteiger partial charge in [-0.15, -0.1) is 0 Å². The van der Waals surface area contributed by atoms with E-state index in [9.17, 15) is 23.5 Å². The number of hydrogen-bond donors (Lipinski definition) is 1. The van der Waals surface area contributed by atoms with Crippen LogP contribution in [0.4, 0.5) is 13.2 Å². The zero-order valence-corrected chi connectivity index (χ0v) is 11.8. The first-order valence-electron chi connectivity index (χ1n) is 6.09. The molecule has 2 aromatic rings. The van der Waals surface area contributed by atoms with Gasteiger partial charge in [-0.25, -0.2) is 0 Å². The Morgan fingerprint density at radius 3 is 2.27 bits per heavy atom. The third-order valence-electron chi connectivity index (χ3n) is 2.93. The van der Waals surface area contributed by atoms with E-state index in [2.05, 4.69) is 0 Å². The number of halogens is 4. The van der Waals surface area contributed by atoms with Crippen LogP contribution in [0.25, 0.3) is 11.6 Å². The Morgan fingerprint density at radius 2 is 1.77 bits per heavy atom. The van der Waals surface area contributed by atoms with Crippen LogP contribution in [0.1, 0.15) is 16.7 Å². The summed E-state index contributed by atoms with van der Waals surface area (Å²) >= 11 is 5.77. The van der Waals surface area contributed by atoms with Gasteiger partial charge in [0.25, 0.3) is 0 Å². The summed E-state index contributed by atoms with van der Waals surface area (Å²) in [4.78, 5) is 0. The number of rotatable bonds is 2. The van der Waals surface area contributed by atoms with Crippen LogP contribution in [0, 0.1) is 11.3 Å². The van der Waals surface area contributed by atoms with Crippen LogP contribution in [0.3, 0.4) is 0 Å². The van der Waals surface area contributed by atoms with Crippen LogP contribution in [-0.4, -0.2) is 5.11 Å². The van der Waals surface area contributed by atoms with E-state index >= 15 is 0 Å². The van der Waals surface area contributed by atoms with Crippen LogP contribution in [0.15, 0.2) is 42.5 Å². The van der Waals surface area contributed by atoms with Gasteiger partial charge in [0.2, 0.25) is 0 Å². The second kappa shape index (κ2) is 6.12. The normalized spacial score (nSPS) is 12.0. The summed E-state index contributed by atoms with van der Waals surface area (Å²) in [6.07, 6.45) is -2.94. The van der Waals surface area contributed by atoms with Gasteiger partial charge in [-0.3, -0.25) is 0 Å². The Bertz CT molecular complexity index is 758. The molecule has 0 aromatic heterocycles. The average molecular weight is 324 g/mol. The van der Waals surface area contributed by atoms with E-state index in [1.807, 2.05) is 6.07 Å². The standard InChI is InChI=1S/C16H9ClF3NO/c17-14-8-10(1-6-15(14)22)7-12(9-21)11-2-4-13(5-3-11)16(18,19)20/h1-8,22H/b12-7-. The van der Waals surface area contributed by atoms with Crippen molar-refractivity contribution in [2.24, 2.45) is 0 Å². The van der Waals surface area contributed by atoms with Crippen LogP contribution >= 0.6 is 11.6 Å². The highest BCUT2D eigenvalue weighted by molar-refractivity contribution is 6.32. The van der Waals surface area contributed by atoms with Crippen LogP contribution in [-0.2, 0) is 6.18 Å². The largest absolute Gasteiger partial charge is 0.506 e. The van der Waals surface area contributed by atoms with E-state index in [-0.39, 0.29) is 16.3 Å². The lowest BCUT2D eigenvalue weighted by molar-refractivity contribution is -0.137. The summed E-state index contributed by atoms with van der Waals surface area (Å²) in [7, 11) is 0. The molecule has 0 aliphatic heterocycles. The van der Waals surface area contributed by atoms with Gasteiger partial charge in [0.15, 0.2) is 0 Å². The quantitative estimate of drug-likeness (QED) is 0.615. The van der Waals surface area contributed by atoms with Crippen molar-refractivity contribution in [1.82, 2.24) is 0 Å². The topological polar surface area (TPSA) is 44.0 Å². The Labute approximate surface area is 129 Å². The lowest BCUT2D eigenvalue weighted by Crippen LogP contribution is -2.04. The van der Waals surface area contributed by atoms with E-state index in [4.69, 9.17) is 11.6 Å². The van der Waals surface area contributed by atoms with Crippen molar-refractivity contribution >= 4 is 23.3 Å². The minimum atomic E-state index is -4.42. The lowest BCUT2D eigenvalue weighted by atomic mass is 10.0. The molecule has 6 heteroatoms. The van der Waals surface area contributed by atoms with Crippen molar-refractivity contribution in [2.45, 2.75) is 6.18 Å². The number of alkyl halides is 3. The zero-order valence-electron chi connectivity index (χ0n) is 11.0. The summed E-state index contributed by atoms with van der Waals surface area (Å²) in [5.74, 6) is -0.0909. The predicted molar refractivity (Wildman–Crippen MR) is 78.0 cm³/mol. The fourth-order valence-corrected chi connectivity index (χ4v) is 1.99. The molecule has 0 aliphatic rings. The van der Waals surface area contributed by atoms with Gasteiger partial charge < -0.3 is 5.11 Å². The SMILES string of the molecule is N#C/C(=C/c1ccc(O)c(Cl)c1)c1ccc(C(F)(F)F)cc1. The van der Waals surface area contributed by atoms with Crippen molar-refractivity contribution in [3.05, 3.63) is 64.2 Å². The smallest absolute Gasteiger partial charge is 0.416 e. The summed E-state index contributed by atoms with van der Waals surface area (Å²) in [6, 6.07) is 10.6. The molecular formula is C16H9ClF3NO. The van der Waals surface area contributed by atoms with E-state index in [1.54, 1.807) is 6.07 Å². The minimum Gasteiger partial charge on any atom is -0.506 e. The molecule has 0 heterocycles. The number of phenolic OH excluding ortho intramolecular Hbond substituents is 1. The van der Waals surface area contributed by atoms with Crippen LogP contribution < -0.4 is 0 Å². The summed E-state index contributed by atoms with van der Waals surface area (Å²) in [5.41, 5.74) is 0.329. The van der Waals surface area contributed by atoms with Crippen molar-refractivity contribution in [3.8, 4) is 11.8 Å². The fraction of sp³-hybridized carbons (Fsp3) is 0.0625. The number of aromatic hydroxyl groups is 1. The van der Waals surface area contributed by atoms with Gasteiger partial charge >= 0.3 is 6.18 Å². The lowest BCUT2D eigenvalue weighted by Gasteiger charge is -2.07. The van der Waals surface area contributed by atoms with Gasteiger partial charge in [0.05, 0.1) is 22.2 Å². The van der Waals surface area contributed by atoms with E-state index < -0.39 is 11.7 Å². The molecular weight excluding hydrogens is 315 g/mol. The summed E-state index contributed by atoms with van der Waals surface area (Å²) in [5, 5.41) is 18.6. The molecule has 0 bridgehead atoms. The molecule has 2 nitrogen and oxygen atoms in total. The molecule has 0 amide bonds. The maximum Gasteiger partial charge on any atom is 0.416 e. The third-order valence-corrected chi connectivity index (χ3v) is 3.23. The molecule has 0 aliphatic carbocycles. The van der Waals surface area contributed by atoms with Gasteiger partial charge in [0.1, 0.15) is 5.75 Å². The van der Waals surface area contributed by atoms with Gasteiger partial charge in [-0.05, 0) is 41.5 Å². The Hall–Kier alpha value is -2.45. The average Bonchev–Trinajstić information content (AvgIpc) is 2.47. The fourth-order valence-electron chi connectivity index (χ4n) is 1.80. The number of allylic oxidation sites excluding steroid dienone is 1. The molecule has 0 spiro atoms. The first-order chi connectivity index (χ1) is 10.3. The highest BCUT2D eigenvalue weighted by Crippen LogP contribution is 2.31. The maximum absolute atomic E-state index is 12.5. The predicted octanol–water partition coefficient (Wildman–Crippen LogP) is 5.13. The molecule has 0 fully saturated rings. The van der Waals surface area contributed by atoms with Crippen LogP contribution in [0.5, 0.6) is 5.75 Å². The van der Waals surface area contributed by atoms with Crippen molar-refractivity contribution in [3.63, 3.8) is 0 Å². The number of nitrogens with zero attached hydrogens (tertiary/aromatic N) is 1.